The summed E-state index contributed by atoms with van der Waals surface area (Å²) in [6, 6.07) is 0. The van der Waals surface area contributed by atoms with Crippen LogP contribution in [0.5, 0.6) is 0 Å². The number of esters is 1. The lowest BCUT2D eigenvalue weighted by Crippen LogP contribution is -2.44. The first kappa shape index (κ1) is 23.5. The Kier molecular flexibility index (Phi) is 15.0. The number of cyclic esters (lactones) is 1. The zero-order valence-electron chi connectivity index (χ0n) is 17.9. The fraction of sp³-hybridized carbons (Fsp3) is 0.958. The molecule has 1 aliphatic heterocycles. The first-order valence-electron chi connectivity index (χ1n) is 12.0. The van der Waals surface area contributed by atoms with Crippen LogP contribution in [0.15, 0.2) is 0 Å². The molecule has 1 fully saturated rings. The third-order valence-corrected chi connectivity index (χ3v) is 6.05. The lowest BCUT2D eigenvalue weighted by atomic mass is 9.90. The molecule has 2 atom stereocenters. The SMILES string of the molecule is CCCCCCCCCCCCCCCCCCC[C@@H]1OC(=O)[C@H]1CC. The Morgan fingerprint density at radius 3 is 1.35 bits per heavy atom. The van der Waals surface area contributed by atoms with Crippen molar-refractivity contribution in [2.45, 2.75) is 142 Å². The van der Waals surface area contributed by atoms with Gasteiger partial charge >= 0.3 is 5.97 Å². The molecule has 0 aromatic rings. The van der Waals surface area contributed by atoms with E-state index in [1.54, 1.807) is 0 Å². The lowest BCUT2D eigenvalue weighted by molar-refractivity contribution is -0.185. The largest absolute Gasteiger partial charge is 0.461 e. The van der Waals surface area contributed by atoms with Crippen molar-refractivity contribution in [2.75, 3.05) is 0 Å². The van der Waals surface area contributed by atoms with Crippen molar-refractivity contribution in [3.8, 4) is 0 Å². The quantitative estimate of drug-likeness (QED) is 0.171. The van der Waals surface area contributed by atoms with E-state index in [0.717, 1.165) is 12.8 Å². The van der Waals surface area contributed by atoms with E-state index in [9.17, 15) is 4.79 Å². The number of ether oxygens (including phenoxy) is 1. The Bertz CT molecular complexity index is 326. The molecular formula is C24H46O2. The zero-order chi connectivity index (χ0) is 18.9. The summed E-state index contributed by atoms with van der Waals surface area (Å²) in [5.74, 6) is 0.237. The van der Waals surface area contributed by atoms with Crippen LogP contribution in [-0.4, -0.2) is 12.1 Å². The molecule has 154 valence electrons. The van der Waals surface area contributed by atoms with E-state index in [2.05, 4.69) is 13.8 Å². The van der Waals surface area contributed by atoms with Crippen molar-refractivity contribution in [3.63, 3.8) is 0 Å². The van der Waals surface area contributed by atoms with Gasteiger partial charge in [0.15, 0.2) is 0 Å². The number of hydrogen-bond acceptors (Lipinski definition) is 2. The van der Waals surface area contributed by atoms with Gasteiger partial charge in [-0.15, -0.1) is 0 Å². The summed E-state index contributed by atoms with van der Waals surface area (Å²) in [4.78, 5) is 11.2. The molecule has 0 bridgehead atoms. The molecule has 0 spiro atoms. The highest BCUT2D eigenvalue weighted by Crippen LogP contribution is 2.29. The maximum atomic E-state index is 11.2. The third kappa shape index (κ3) is 11.2. The molecule has 0 amide bonds. The van der Waals surface area contributed by atoms with Crippen molar-refractivity contribution >= 4 is 5.97 Å². The van der Waals surface area contributed by atoms with Gasteiger partial charge in [-0.3, -0.25) is 4.79 Å². The molecule has 1 saturated heterocycles. The second kappa shape index (κ2) is 16.6. The molecule has 2 nitrogen and oxygen atoms in total. The fourth-order valence-corrected chi connectivity index (χ4v) is 4.16. The van der Waals surface area contributed by atoms with Gasteiger partial charge in [0.05, 0.1) is 5.92 Å². The number of rotatable bonds is 19. The molecule has 0 unspecified atom stereocenters. The van der Waals surface area contributed by atoms with Crippen molar-refractivity contribution in [1.82, 2.24) is 0 Å². The van der Waals surface area contributed by atoms with Crippen molar-refractivity contribution in [3.05, 3.63) is 0 Å². The average Bonchev–Trinajstić information content (AvgIpc) is 2.63. The van der Waals surface area contributed by atoms with Crippen LogP contribution >= 0.6 is 0 Å². The van der Waals surface area contributed by atoms with E-state index in [-0.39, 0.29) is 18.0 Å². The van der Waals surface area contributed by atoms with E-state index in [1.165, 1.54) is 109 Å². The van der Waals surface area contributed by atoms with Gasteiger partial charge in [-0.05, 0) is 19.3 Å². The van der Waals surface area contributed by atoms with Gasteiger partial charge in [0.25, 0.3) is 0 Å². The van der Waals surface area contributed by atoms with Crippen LogP contribution in [0.2, 0.25) is 0 Å². The zero-order valence-corrected chi connectivity index (χ0v) is 17.9. The summed E-state index contributed by atoms with van der Waals surface area (Å²) in [6.07, 6.45) is 26.3. The summed E-state index contributed by atoms with van der Waals surface area (Å²) < 4.78 is 5.23. The number of carbonyl (C=O) groups excluding carboxylic acids is 1. The first-order chi connectivity index (χ1) is 12.8. The summed E-state index contributed by atoms with van der Waals surface area (Å²) >= 11 is 0. The van der Waals surface area contributed by atoms with Gasteiger partial charge in [0.2, 0.25) is 0 Å². The molecule has 0 saturated carbocycles. The van der Waals surface area contributed by atoms with E-state index in [0.29, 0.717) is 0 Å². The second-order valence-corrected chi connectivity index (χ2v) is 8.44. The molecule has 0 aromatic carbocycles. The van der Waals surface area contributed by atoms with Crippen LogP contribution in [0.25, 0.3) is 0 Å². The third-order valence-electron chi connectivity index (χ3n) is 6.05. The highest BCUT2D eigenvalue weighted by atomic mass is 16.6. The smallest absolute Gasteiger partial charge is 0.312 e. The first-order valence-corrected chi connectivity index (χ1v) is 12.0. The minimum Gasteiger partial charge on any atom is -0.461 e. The van der Waals surface area contributed by atoms with Crippen LogP contribution < -0.4 is 0 Å². The Morgan fingerprint density at radius 2 is 1.00 bits per heavy atom. The van der Waals surface area contributed by atoms with Crippen LogP contribution in [-0.2, 0) is 9.53 Å². The Balaban J connectivity index is 1.69. The maximum absolute atomic E-state index is 11.2. The number of carbonyl (C=O) groups is 1. The Hall–Kier alpha value is -0.530. The van der Waals surface area contributed by atoms with Gasteiger partial charge in [0.1, 0.15) is 6.10 Å². The number of hydrogen-bond donors (Lipinski definition) is 0. The molecule has 1 heterocycles. The second-order valence-electron chi connectivity index (χ2n) is 8.44. The van der Waals surface area contributed by atoms with Crippen LogP contribution in [0.1, 0.15) is 136 Å². The molecule has 2 heteroatoms. The van der Waals surface area contributed by atoms with Crippen LogP contribution in [0.4, 0.5) is 0 Å². The van der Waals surface area contributed by atoms with Gasteiger partial charge in [-0.25, -0.2) is 0 Å². The Morgan fingerprint density at radius 1 is 0.615 bits per heavy atom. The van der Waals surface area contributed by atoms with Crippen molar-refractivity contribution in [1.29, 1.82) is 0 Å². The minimum atomic E-state index is 0.0319. The highest BCUT2D eigenvalue weighted by Gasteiger charge is 2.39. The maximum Gasteiger partial charge on any atom is 0.312 e. The predicted molar refractivity (Wildman–Crippen MR) is 112 cm³/mol. The summed E-state index contributed by atoms with van der Waals surface area (Å²) in [5, 5.41) is 0. The van der Waals surface area contributed by atoms with E-state index in [4.69, 9.17) is 4.74 Å². The lowest BCUT2D eigenvalue weighted by Gasteiger charge is -2.34. The van der Waals surface area contributed by atoms with Crippen molar-refractivity contribution < 1.29 is 9.53 Å². The van der Waals surface area contributed by atoms with E-state index in [1.807, 2.05) is 0 Å². The fourth-order valence-electron chi connectivity index (χ4n) is 4.16. The molecule has 1 aliphatic rings. The van der Waals surface area contributed by atoms with Crippen LogP contribution in [0, 0.1) is 5.92 Å². The topological polar surface area (TPSA) is 26.3 Å². The summed E-state index contributed by atoms with van der Waals surface area (Å²) in [5.41, 5.74) is 0. The molecule has 0 aromatic heterocycles. The monoisotopic (exact) mass is 366 g/mol. The average molecular weight is 367 g/mol. The van der Waals surface area contributed by atoms with Gasteiger partial charge < -0.3 is 4.74 Å². The van der Waals surface area contributed by atoms with Gasteiger partial charge in [0, 0.05) is 0 Å². The van der Waals surface area contributed by atoms with Crippen molar-refractivity contribution in [2.24, 2.45) is 5.92 Å². The van der Waals surface area contributed by atoms with Crippen LogP contribution in [0.3, 0.4) is 0 Å². The minimum absolute atomic E-state index is 0.0319. The molecule has 1 rings (SSSR count). The molecular weight excluding hydrogens is 320 g/mol. The van der Waals surface area contributed by atoms with Gasteiger partial charge in [-0.1, -0.05) is 117 Å². The number of unbranched alkanes of at least 4 members (excludes halogenated alkanes) is 16. The van der Waals surface area contributed by atoms with E-state index < -0.39 is 0 Å². The van der Waals surface area contributed by atoms with Gasteiger partial charge in [-0.2, -0.15) is 0 Å². The normalized spacial score (nSPS) is 19.4. The molecule has 0 N–H and O–H groups in total. The van der Waals surface area contributed by atoms with E-state index >= 15 is 0 Å². The molecule has 26 heavy (non-hydrogen) atoms. The summed E-state index contributed by atoms with van der Waals surface area (Å²) in [6.45, 7) is 4.38. The highest BCUT2D eigenvalue weighted by molar-refractivity contribution is 5.78. The summed E-state index contributed by atoms with van der Waals surface area (Å²) in [7, 11) is 0. The standard InChI is InChI=1S/C24H46O2/c1-3-5-6-7-8-9-10-11-12-13-14-15-16-17-18-19-20-21-23-22(4-2)24(25)26-23/h22-23H,3-21H2,1-2H3/t22-,23-/m0/s1. The Labute approximate surface area is 163 Å². The molecule has 0 radical (unpaired) electrons. The predicted octanol–water partition coefficient (Wildman–Crippen LogP) is 7.98. The molecule has 0 aliphatic carbocycles.